The van der Waals surface area contributed by atoms with Gasteiger partial charge in [0.2, 0.25) is 0 Å². The van der Waals surface area contributed by atoms with E-state index in [2.05, 4.69) is 15.0 Å². The predicted octanol–water partition coefficient (Wildman–Crippen LogP) is 4.03. The minimum absolute atomic E-state index is 0.0170. The van der Waals surface area contributed by atoms with Crippen molar-refractivity contribution >= 4 is 33.2 Å². The normalized spacial score (nSPS) is 12.2. The number of nitrogens with one attached hydrogen (secondary N) is 2. The summed E-state index contributed by atoms with van der Waals surface area (Å²) < 4.78 is 27.7. The second-order valence-electron chi connectivity index (χ2n) is 6.12. The molecule has 0 bridgehead atoms. The molecule has 144 valence electrons. The van der Waals surface area contributed by atoms with Crippen molar-refractivity contribution in [2.45, 2.75) is 17.9 Å². The Balaban J connectivity index is 1.78. The summed E-state index contributed by atoms with van der Waals surface area (Å²) in [6.45, 7) is 1.84. The molecule has 6 nitrogen and oxygen atoms in total. The Bertz CT molecular complexity index is 1090. The van der Waals surface area contributed by atoms with Crippen LogP contribution in [0, 0.1) is 0 Å². The topological polar surface area (TPSA) is 88.2 Å². The van der Waals surface area contributed by atoms with Crippen LogP contribution in [0.15, 0.2) is 78.0 Å². The third-order valence-corrected chi connectivity index (χ3v) is 5.65. The number of hydrogen-bond donors (Lipinski definition) is 2. The number of benzene rings is 2. The molecular formula is C20H18ClN3O3S. The van der Waals surface area contributed by atoms with Gasteiger partial charge in [-0.25, -0.2) is 8.42 Å². The van der Waals surface area contributed by atoms with E-state index in [0.717, 1.165) is 5.56 Å². The second-order valence-corrected chi connectivity index (χ2v) is 8.24. The molecular weight excluding hydrogens is 398 g/mol. The molecule has 1 atom stereocenters. The van der Waals surface area contributed by atoms with E-state index >= 15 is 0 Å². The van der Waals surface area contributed by atoms with E-state index in [4.69, 9.17) is 11.6 Å². The molecule has 3 aromatic rings. The summed E-state index contributed by atoms with van der Waals surface area (Å²) in [5.74, 6) is -0.371. The summed E-state index contributed by atoms with van der Waals surface area (Å²) >= 11 is 5.89. The molecule has 0 radical (unpaired) electrons. The van der Waals surface area contributed by atoms with E-state index in [1.54, 1.807) is 48.8 Å². The van der Waals surface area contributed by atoms with Gasteiger partial charge in [0, 0.05) is 23.0 Å². The van der Waals surface area contributed by atoms with Crippen molar-refractivity contribution in [3.05, 3.63) is 89.2 Å². The van der Waals surface area contributed by atoms with E-state index < -0.39 is 10.0 Å². The lowest BCUT2D eigenvalue weighted by Gasteiger charge is -2.15. The number of halogens is 1. The van der Waals surface area contributed by atoms with Crippen molar-refractivity contribution in [2.75, 3.05) is 4.72 Å². The summed E-state index contributed by atoms with van der Waals surface area (Å²) in [7, 11) is -3.86. The zero-order valence-corrected chi connectivity index (χ0v) is 16.5. The van der Waals surface area contributed by atoms with Crippen LogP contribution in [0.2, 0.25) is 5.02 Å². The monoisotopic (exact) mass is 415 g/mol. The third-order valence-electron chi connectivity index (χ3n) is 4.04. The Labute approximate surface area is 168 Å². The first kappa shape index (κ1) is 19.9. The number of anilines is 1. The molecule has 0 aliphatic carbocycles. The van der Waals surface area contributed by atoms with Crippen molar-refractivity contribution < 1.29 is 13.2 Å². The van der Waals surface area contributed by atoms with Gasteiger partial charge in [0.1, 0.15) is 0 Å². The number of aromatic nitrogens is 1. The van der Waals surface area contributed by atoms with Gasteiger partial charge in [0.25, 0.3) is 15.9 Å². The molecule has 0 aliphatic heterocycles. The average molecular weight is 416 g/mol. The quantitative estimate of drug-likeness (QED) is 0.636. The van der Waals surface area contributed by atoms with Gasteiger partial charge in [-0.05, 0) is 61.0 Å². The van der Waals surface area contributed by atoms with E-state index in [-0.39, 0.29) is 22.4 Å². The SMILES string of the molecule is CC(NC(=O)c1cccc(S(=O)(=O)Nc2cccc(Cl)c2)c1)c1ccncc1. The van der Waals surface area contributed by atoms with E-state index in [1.165, 1.54) is 24.3 Å². The van der Waals surface area contributed by atoms with Gasteiger partial charge >= 0.3 is 0 Å². The molecule has 1 amide bonds. The fourth-order valence-electron chi connectivity index (χ4n) is 2.59. The lowest BCUT2D eigenvalue weighted by Crippen LogP contribution is -2.27. The van der Waals surface area contributed by atoms with Gasteiger partial charge in [-0.3, -0.25) is 14.5 Å². The van der Waals surface area contributed by atoms with E-state index in [1.807, 2.05) is 6.92 Å². The zero-order valence-electron chi connectivity index (χ0n) is 15.0. The van der Waals surface area contributed by atoms with Crippen LogP contribution in [0.1, 0.15) is 28.9 Å². The molecule has 1 unspecified atom stereocenters. The van der Waals surface area contributed by atoms with Crippen molar-refractivity contribution in [3.8, 4) is 0 Å². The predicted molar refractivity (Wildman–Crippen MR) is 109 cm³/mol. The summed E-state index contributed by atoms with van der Waals surface area (Å²) in [6, 6.07) is 15.6. The Morgan fingerprint density at radius 2 is 1.75 bits per heavy atom. The third kappa shape index (κ3) is 4.88. The van der Waals surface area contributed by atoms with Gasteiger partial charge in [-0.15, -0.1) is 0 Å². The van der Waals surface area contributed by atoms with Crippen LogP contribution < -0.4 is 10.0 Å². The molecule has 1 aromatic heterocycles. The minimum atomic E-state index is -3.86. The fourth-order valence-corrected chi connectivity index (χ4v) is 3.87. The molecule has 0 aliphatic rings. The number of amides is 1. The summed E-state index contributed by atoms with van der Waals surface area (Å²) in [4.78, 5) is 16.5. The van der Waals surface area contributed by atoms with Gasteiger partial charge in [-0.2, -0.15) is 0 Å². The Hall–Kier alpha value is -2.90. The molecule has 2 N–H and O–H groups in total. The van der Waals surface area contributed by atoms with Crippen LogP contribution >= 0.6 is 11.6 Å². The minimum Gasteiger partial charge on any atom is -0.346 e. The summed E-state index contributed by atoms with van der Waals surface area (Å²) in [5.41, 5.74) is 1.48. The number of carbonyl (C=O) groups is 1. The first-order valence-corrected chi connectivity index (χ1v) is 10.3. The highest BCUT2D eigenvalue weighted by atomic mass is 35.5. The Kier molecular flexibility index (Phi) is 5.96. The molecule has 2 aromatic carbocycles. The highest BCUT2D eigenvalue weighted by molar-refractivity contribution is 7.92. The fraction of sp³-hybridized carbons (Fsp3) is 0.100. The smallest absolute Gasteiger partial charge is 0.261 e. The van der Waals surface area contributed by atoms with Gasteiger partial charge in [0.15, 0.2) is 0 Å². The van der Waals surface area contributed by atoms with Gasteiger partial charge < -0.3 is 5.32 Å². The number of rotatable bonds is 6. The highest BCUT2D eigenvalue weighted by Gasteiger charge is 2.18. The van der Waals surface area contributed by atoms with Crippen molar-refractivity contribution in [1.82, 2.24) is 10.3 Å². The first-order valence-electron chi connectivity index (χ1n) is 8.44. The molecule has 0 fully saturated rings. The molecule has 3 rings (SSSR count). The molecule has 0 saturated carbocycles. The van der Waals surface area contributed by atoms with Crippen molar-refractivity contribution in [3.63, 3.8) is 0 Å². The maximum Gasteiger partial charge on any atom is 0.261 e. The molecule has 28 heavy (non-hydrogen) atoms. The van der Waals surface area contributed by atoms with Crippen molar-refractivity contribution in [2.24, 2.45) is 0 Å². The van der Waals surface area contributed by atoms with Gasteiger partial charge in [-0.1, -0.05) is 23.7 Å². The molecule has 0 saturated heterocycles. The summed E-state index contributed by atoms with van der Waals surface area (Å²) in [6.07, 6.45) is 3.29. The van der Waals surface area contributed by atoms with Crippen molar-refractivity contribution in [1.29, 1.82) is 0 Å². The lowest BCUT2D eigenvalue weighted by molar-refractivity contribution is 0.0939. The Morgan fingerprint density at radius 3 is 2.46 bits per heavy atom. The number of hydrogen-bond acceptors (Lipinski definition) is 4. The number of nitrogens with zero attached hydrogens (tertiary/aromatic N) is 1. The molecule has 8 heteroatoms. The average Bonchev–Trinajstić information content (AvgIpc) is 2.68. The zero-order chi connectivity index (χ0) is 20.1. The summed E-state index contributed by atoms with van der Waals surface area (Å²) in [5, 5.41) is 3.26. The maximum atomic E-state index is 12.6. The van der Waals surface area contributed by atoms with Gasteiger partial charge in [0.05, 0.1) is 16.6 Å². The van der Waals surface area contributed by atoms with E-state index in [0.29, 0.717) is 10.7 Å². The highest BCUT2D eigenvalue weighted by Crippen LogP contribution is 2.20. The van der Waals surface area contributed by atoms with Crippen LogP contribution in [0.4, 0.5) is 5.69 Å². The largest absolute Gasteiger partial charge is 0.346 e. The standard InChI is InChI=1S/C20H18ClN3O3S/c1-14(15-8-10-22-11-9-15)23-20(25)16-4-2-7-19(12-16)28(26,27)24-18-6-3-5-17(21)13-18/h2-14,24H,1H3,(H,23,25). The first-order chi connectivity index (χ1) is 13.3. The second kappa shape index (κ2) is 8.41. The maximum absolute atomic E-state index is 12.6. The van der Waals surface area contributed by atoms with E-state index in [9.17, 15) is 13.2 Å². The molecule has 0 spiro atoms. The number of carbonyl (C=O) groups excluding carboxylic acids is 1. The molecule has 1 heterocycles. The Morgan fingerprint density at radius 1 is 1.04 bits per heavy atom. The number of sulfonamides is 1. The van der Waals surface area contributed by atoms with Crippen LogP contribution in [0.3, 0.4) is 0 Å². The lowest BCUT2D eigenvalue weighted by atomic mass is 10.1. The van der Waals surface area contributed by atoms with Crippen LogP contribution in [0.5, 0.6) is 0 Å². The van der Waals surface area contributed by atoms with Crippen LogP contribution in [0.25, 0.3) is 0 Å². The van der Waals surface area contributed by atoms with Crippen LogP contribution in [-0.2, 0) is 10.0 Å². The number of pyridine rings is 1. The van der Waals surface area contributed by atoms with Crippen LogP contribution in [-0.4, -0.2) is 19.3 Å².